The standard InChI is InChI=1S/C13H24N4O2S/c1-5-14-12-8-6-9-15-13(12)20(18,19)17(4)11-7-10-16(2)3/h6,8-9,14H,5,7,10-11H2,1-4H3. The number of anilines is 1. The minimum Gasteiger partial charge on any atom is -0.383 e. The number of rotatable bonds is 8. The largest absolute Gasteiger partial charge is 0.383 e. The summed E-state index contributed by atoms with van der Waals surface area (Å²) >= 11 is 0. The van der Waals surface area contributed by atoms with Crippen LogP contribution in [0.25, 0.3) is 0 Å². The van der Waals surface area contributed by atoms with Crippen molar-refractivity contribution in [3.05, 3.63) is 18.3 Å². The molecule has 0 aromatic carbocycles. The van der Waals surface area contributed by atoms with E-state index in [4.69, 9.17) is 0 Å². The van der Waals surface area contributed by atoms with Gasteiger partial charge >= 0.3 is 0 Å². The number of sulfonamides is 1. The van der Waals surface area contributed by atoms with E-state index in [1.807, 2.05) is 25.9 Å². The monoisotopic (exact) mass is 300 g/mol. The Balaban J connectivity index is 2.87. The maximum absolute atomic E-state index is 12.5. The lowest BCUT2D eigenvalue weighted by Crippen LogP contribution is -2.31. The summed E-state index contributed by atoms with van der Waals surface area (Å²) in [5, 5.41) is 3.13. The number of pyridine rings is 1. The second kappa shape index (κ2) is 7.56. The van der Waals surface area contributed by atoms with Gasteiger partial charge in [0.15, 0.2) is 5.03 Å². The molecule has 1 aromatic rings. The van der Waals surface area contributed by atoms with E-state index in [-0.39, 0.29) is 5.03 Å². The molecule has 1 heterocycles. The fraction of sp³-hybridized carbons (Fsp3) is 0.615. The van der Waals surface area contributed by atoms with Crippen LogP contribution in [0.2, 0.25) is 0 Å². The first-order valence-electron chi connectivity index (χ1n) is 6.69. The average Bonchev–Trinajstić information content (AvgIpc) is 2.39. The minimum atomic E-state index is -3.55. The quantitative estimate of drug-likeness (QED) is 0.778. The van der Waals surface area contributed by atoms with Crippen LogP contribution < -0.4 is 5.32 Å². The van der Waals surface area contributed by atoms with Crippen molar-refractivity contribution in [3.8, 4) is 0 Å². The van der Waals surface area contributed by atoms with Crippen molar-refractivity contribution in [1.29, 1.82) is 0 Å². The molecule has 1 N–H and O–H groups in total. The Morgan fingerprint density at radius 3 is 2.55 bits per heavy atom. The van der Waals surface area contributed by atoms with Crippen molar-refractivity contribution in [2.24, 2.45) is 0 Å². The van der Waals surface area contributed by atoms with Gasteiger partial charge in [-0.2, -0.15) is 4.31 Å². The molecule has 6 nitrogen and oxygen atoms in total. The molecule has 20 heavy (non-hydrogen) atoms. The molecule has 0 saturated heterocycles. The van der Waals surface area contributed by atoms with Crippen molar-refractivity contribution in [2.45, 2.75) is 18.4 Å². The zero-order chi connectivity index (χ0) is 15.2. The Labute approximate surface area is 121 Å². The van der Waals surface area contributed by atoms with E-state index in [1.165, 1.54) is 10.5 Å². The first-order valence-corrected chi connectivity index (χ1v) is 8.13. The molecule has 0 fully saturated rings. The molecule has 1 aromatic heterocycles. The lowest BCUT2D eigenvalue weighted by atomic mass is 10.4. The summed E-state index contributed by atoms with van der Waals surface area (Å²) in [5.41, 5.74) is 0.550. The van der Waals surface area contributed by atoms with Crippen LogP contribution in [0.5, 0.6) is 0 Å². The van der Waals surface area contributed by atoms with Crippen LogP contribution in [-0.2, 0) is 10.0 Å². The first-order chi connectivity index (χ1) is 9.39. The van der Waals surface area contributed by atoms with Crippen molar-refractivity contribution in [3.63, 3.8) is 0 Å². The van der Waals surface area contributed by atoms with Gasteiger partial charge in [-0.15, -0.1) is 0 Å². The number of nitrogens with zero attached hydrogens (tertiary/aromatic N) is 3. The van der Waals surface area contributed by atoms with E-state index in [0.29, 0.717) is 18.8 Å². The van der Waals surface area contributed by atoms with E-state index < -0.39 is 10.0 Å². The van der Waals surface area contributed by atoms with Gasteiger partial charge in [0, 0.05) is 26.3 Å². The van der Waals surface area contributed by atoms with Crippen molar-refractivity contribution in [1.82, 2.24) is 14.2 Å². The summed E-state index contributed by atoms with van der Waals surface area (Å²) in [6.07, 6.45) is 2.29. The van der Waals surface area contributed by atoms with E-state index >= 15 is 0 Å². The van der Waals surface area contributed by atoms with E-state index in [1.54, 1.807) is 19.2 Å². The predicted octanol–water partition coefficient (Wildman–Crippen LogP) is 1.09. The van der Waals surface area contributed by atoms with Gasteiger partial charge in [-0.25, -0.2) is 13.4 Å². The van der Waals surface area contributed by atoms with Crippen LogP contribution in [0.15, 0.2) is 23.4 Å². The summed E-state index contributed by atoms with van der Waals surface area (Å²) < 4.78 is 26.4. The van der Waals surface area contributed by atoms with Gasteiger partial charge in [0.2, 0.25) is 0 Å². The molecule has 114 valence electrons. The second-order valence-corrected chi connectivity index (χ2v) is 6.83. The topological polar surface area (TPSA) is 65.5 Å². The summed E-state index contributed by atoms with van der Waals surface area (Å²) in [4.78, 5) is 6.06. The molecule has 0 aliphatic carbocycles. The molecule has 0 aliphatic rings. The Hall–Kier alpha value is -1.18. The smallest absolute Gasteiger partial charge is 0.262 e. The molecule has 0 atom stereocenters. The molecule has 0 radical (unpaired) electrons. The Morgan fingerprint density at radius 2 is 1.95 bits per heavy atom. The Kier molecular flexibility index (Phi) is 6.38. The summed E-state index contributed by atoms with van der Waals surface area (Å²) in [6.45, 7) is 3.90. The van der Waals surface area contributed by atoms with E-state index in [9.17, 15) is 8.42 Å². The highest BCUT2D eigenvalue weighted by atomic mass is 32.2. The maximum atomic E-state index is 12.5. The average molecular weight is 300 g/mol. The molecular formula is C13H24N4O2S. The molecular weight excluding hydrogens is 276 g/mol. The summed E-state index contributed by atoms with van der Waals surface area (Å²) in [7, 11) is 1.98. The van der Waals surface area contributed by atoms with Crippen LogP contribution in [0.3, 0.4) is 0 Å². The third-order valence-corrected chi connectivity index (χ3v) is 4.69. The van der Waals surface area contributed by atoms with Gasteiger partial charge in [-0.05, 0) is 46.1 Å². The van der Waals surface area contributed by atoms with Crippen LogP contribution in [0.4, 0.5) is 5.69 Å². The number of hydrogen-bond acceptors (Lipinski definition) is 5. The van der Waals surface area contributed by atoms with Gasteiger partial charge < -0.3 is 10.2 Å². The van der Waals surface area contributed by atoms with Gasteiger partial charge in [-0.3, -0.25) is 0 Å². The van der Waals surface area contributed by atoms with Gasteiger partial charge in [0.25, 0.3) is 10.0 Å². The fourth-order valence-corrected chi connectivity index (χ4v) is 3.08. The second-order valence-electron chi connectivity index (χ2n) is 4.87. The van der Waals surface area contributed by atoms with Gasteiger partial charge in [0.1, 0.15) is 0 Å². The molecule has 0 saturated carbocycles. The highest BCUT2D eigenvalue weighted by molar-refractivity contribution is 7.89. The molecule has 0 spiro atoms. The molecule has 7 heteroatoms. The minimum absolute atomic E-state index is 0.0919. The van der Waals surface area contributed by atoms with Crippen LogP contribution >= 0.6 is 0 Å². The Morgan fingerprint density at radius 1 is 1.25 bits per heavy atom. The highest BCUT2D eigenvalue weighted by Gasteiger charge is 2.24. The zero-order valence-electron chi connectivity index (χ0n) is 12.6. The SMILES string of the molecule is CCNc1cccnc1S(=O)(=O)N(C)CCCN(C)C. The van der Waals surface area contributed by atoms with Crippen LogP contribution in [0.1, 0.15) is 13.3 Å². The number of aromatic nitrogens is 1. The first kappa shape index (κ1) is 16.9. The van der Waals surface area contributed by atoms with Crippen LogP contribution in [-0.4, -0.2) is 63.4 Å². The molecule has 0 unspecified atom stereocenters. The van der Waals surface area contributed by atoms with Gasteiger partial charge in [-0.1, -0.05) is 0 Å². The maximum Gasteiger partial charge on any atom is 0.262 e. The lowest BCUT2D eigenvalue weighted by Gasteiger charge is -2.19. The zero-order valence-corrected chi connectivity index (χ0v) is 13.4. The molecule has 0 bridgehead atoms. The molecule has 1 rings (SSSR count). The van der Waals surface area contributed by atoms with E-state index in [2.05, 4.69) is 10.3 Å². The van der Waals surface area contributed by atoms with Crippen LogP contribution in [0, 0.1) is 0 Å². The normalized spacial score (nSPS) is 12.1. The highest BCUT2D eigenvalue weighted by Crippen LogP contribution is 2.21. The fourth-order valence-electron chi connectivity index (χ4n) is 1.80. The number of hydrogen-bond donors (Lipinski definition) is 1. The van der Waals surface area contributed by atoms with E-state index in [0.717, 1.165) is 13.0 Å². The lowest BCUT2D eigenvalue weighted by molar-refractivity contribution is 0.370. The number of nitrogens with one attached hydrogen (secondary N) is 1. The Bertz CT molecular complexity index is 517. The van der Waals surface area contributed by atoms with Gasteiger partial charge in [0.05, 0.1) is 5.69 Å². The summed E-state index contributed by atoms with van der Waals surface area (Å²) in [5.74, 6) is 0. The predicted molar refractivity (Wildman–Crippen MR) is 81.4 cm³/mol. The third-order valence-electron chi connectivity index (χ3n) is 2.87. The van der Waals surface area contributed by atoms with Crippen molar-refractivity contribution < 1.29 is 8.42 Å². The molecule has 0 amide bonds. The summed E-state index contributed by atoms with van der Waals surface area (Å²) in [6, 6.07) is 3.46. The third kappa shape index (κ3) is 4.43. The van der Waals surface area contributed by atoms with Crippen molar-refractivity contribution in [2.75, 3.05) is 46.1 Å². The molecule has 0 aliphatic heterocycles. The van der Waals surface area contributed by atoms with Crippen molar-refractivity contribution >= 4 is 15.7 Å².